The molecule has 0 spiro atoms. The molecule has 0 aliphatic carbocycles. The third-order valence-electron chi connectivity index (χ3n) is 2.53. The zero-order valence-electron chi connectivity index (χ0n) is 9.63. The number of rotatable bonds is 4. The van der Waals surface area contributed by atoms with Crippen LogP contribution in [0.15, 0.2) is 22.7 Å². The summed E-state index contributed by atoms with van der Waals surface area (Å²) in [6.45, 7) is 6.41. The van der Waals surface area contributed by atoms with Crippen molar-refractivity contribution in [2.24, 2.45) is 5.92 Å². The van der Waals surface area contributed by atoms with Gasteiger partial charge in [0.15, 0.2) is 0 Å². The molecule has 0 saturated heterocycles. The van der Waals surface area contributed by atoms with Gasteiger partial charge in [-0.25, -0.2) is 0 Å². The molecule has 0 fully saturated rings. The molecule has 0 bridgehead atoms. The second kappa shape index (κ2) is 5.66. The van der Waals surface area contributed by atoms with E-state index in [9.17, 15) is 5.11 Å². The number of hydrogen-bond acceptors (Lipinski definition) is 1. The quantitative estimate of drug-likeness (QED) is 0.869. The molecule has 2 heteroatoms. The fourth-order valence-electron chi connectivity index (χ4n) is 1.55. The van der Waals surface area contributed by atoms with E-state index in [-0.39, 0.29) is 6.10 Å². The monoisotopic (exact) mass is 270 g/mol. The molecule has 1 unspecified atom stereocenters. The number of hydrogen-bond donors (Lipinski definition) is 1. The average molecular weight is 271 g/mol. The molecule has 1 rings (SSSR count). The van der Waals surface area contributed by atoms with Gasteiger partial charge in [0.25, 0.3) is 0 Å². The van der Waals surface area contributed by atoms with E-state index in [2.05, 4.69) is 36.7 Å². The molecule has 1 aromatic rings. The van der Waals surface area contributed by atoms with Gasteiger partial charge in [-0.3, -0.25) is 0 Å². The molecule has 0 amide bonds. The van der Waals surface area contributed by atoms with Gasteiger partial charge in [-0.2, -0.15) is 0 Å². The van der Waals surface area contributed by atoms with Crippen LogP contribution >= 0.6 is 15.9 Å². The van der Waals surface area contributed by atoms with Crippen LogP contribution in [-0.4, -0.2) is 5.11 Å². The molecule has 0 aliphatic rings. The maximum Gasteiger partial charge on any atom is 0.0801 e. The predicted molar refractivity (Wildman–Crippen MR) is 67.9 cm³/mol. The van der Waals surface area contributed by atoms with Gasteiger partial charge in [-0.05, 0) is 42.9 Å². The van der Waals surface area contributed by atoms with Crippen LogP contribution in [0.5, 0.6) is 0 Å². The number of benzene rings is 1. The second-order valence-corrected chi connectivity index (χ2v) is 5.37. The summed E-state index contributed by atoms with van der Waals surface area (Å²) in [6.07, 6.45) is 1.54. The molecule has 1 atom stereocenters. The summed E-state index contributed by atoms with van der Waals surface area (Å²) in [6, 6.07) is 6.09. The van der Waals surface area contributed by atoms with E-state index >= 15 is 0 Å². The minimum Gasteiger partial charge on any atom is -0.388 e. The maximum absolute atomic E-state index is 10.0. The Morgan fingerprint density at radius 3 is 2.47 bits per heavy atom. The number of aliphatic hydroxyl groups excluding tert-OH is 1. The largest absolute Gasteiger partial charge is 0.388 e. The van der Waals surface area contributed by atoms with Gasteiger partial charge < -0.3 is 5.11 Å². The molecule has 0 aromatic heterocycles. The van der Waals surface area contributed by atoms with Crippen molar-refractivity contribution in [3.63, 3.8) is 0 Å². The van der Waals surface area contributed by atoms with E-state index in [0.717, 1.165) is 22.9 Å². The van der Waals surface area contributed by atoms with Crippen LogP contribution in [0, 0.1) is 12.8 Å². The summed E-state index contributed by atoms with van der Waals surface area (Å²) < 4.78 is 1.01. The van der Waals surface area contributed by atoms with Crippen LogP contribution in [0.3, 0.4) is 0 Å². The van der Waals surface area contributed by atoms with Gasteiger partial charge in [0.2, 0.25) is 0 Å². The van der Waals surface area contributed by atoms with Crippen molar-refractivity contribution in [3.05, 3.63) is 33.8 Å². The molecule has 0 heterocycles. The van der Waals surface area contributed by atoms with E-state index in [1.165, 1.54) is 5.56 Å². The Labute approximate surface area is 101 Å². The van der Waals surface area contributed by atoms with Crippen molar-refractivity contribution in [1.82, 2.24) is 0 Å². The van der Waals surface area contributed by atoms with Crippen LogP contribution in [0.25, 0.3) is 0 Å². The zero-order chi connectivity index (χ0) is 11.4. The number of aliphatic hydroxyl groups is 1. The summed E-state index contributed by atoms with van der Waals surface area (Å²) in [4.78, 5) is 0. The fourth-order valence-corrected chi connectivity index (χ4v) is 2.31. The number of halogens is 1. The van der Waals surface area contributed by atoms with Crippen molar-refractivity contribution in [2.75, 3.05) is 0 Å². The Morgan fingerprint density at radius 2 is 1.93 bits per heavy atom. The Bertz CT molecular complexity index is 320. The van der Waals surface area contributed by atoms with E-state index in [1.807, 2.05) is 18.2 Å². The normalized spacial score (nSPS) is 13.2. The first kappa shape index (κ1) is 12.7. The molecular formula is C13H19BrO. The molecule has 0 saturated carbocycles. The van der Waals surface area contributed by atoms with Gasteiger partial charge >= 0.3 is 0 Å². The van der Waals surface area contributed by atoms with Crippen LogP contribution in [0.2, 0.25) is 0 Å². The van der Waals surface area contributed by atoms with Crippen molar-refractivity contribution in [1.29, 1.82) is 0 Å². The summed E-state index contributed by atoms with van der Waals surface area (Å²) in [7, 11) is 0. The summed E-state index contributed by atoms with van der Waals surface area (Å²) >= 11 is 3.49. The first-order chi connectivity index (χ1) is 7.00. The minimum absolute atomic E-state index is 0.345. The lowest BCUT2D eigenvalue weighted by Gasteiger charge is -2.14. The van der Waals surface area contributed by atoms with Gasteiger partial charge in [0, 0.05) is 4.47 Å². The summed E-state index contributed by atoms with van der Waals surface area (Å²) in [5, 5.41) is 10.0. The van der Waals surface area contributed by atoms with E-state index in [0.29, 0.717) is 5.92 Å². The zero-order valence-corrected chi connectivity index (χ0v) is 11.2. The molecule has 0 aliphatic heterocycles. The Morgan fingerprint density at radius 1 is 1.27 bits per heavy atom. The lowest BCUT2D eigenvalue weighted by Crippen LogP contribution is -2.01. The highest BCUT2D eigenvalue weighted by Gasteiger charge is 2.11. The minimum atomic E-state index is -0.345. The summed E-state index contributed by atoms with van der Waals surface area (Å²) in [5.41, 5.74) is 2.21. The molecule has 15 heavy (non-hydrogen) atoms. The Kier molecular flexibility index (Phi) is 4.81. The van der Waals surface area contributed by atoms with Crippen molar-refractivity contribution < 1.29 is 5.11 Å². The molecule has 1 aromatic carbocycles. The standard InChI is InChI=1S/C13H19BrO/c1-9(2)4-7-13(15)11-6-5-10(3)8-12(11)14/h5-6,8-9,13,15H,4,7H2,1-3H3. The fraction of sp³-hybridized carbons (Fsp3) is 0.538. The highest BCUT2D eigenvalue weighted by molar-refractivity contribution is 9.10. The molecule has 0 radical (unpaired) electrons. The van der Waals surface area contributed by atoms with Gasteiger partial charge in [-0.15, -0.1) is 0 Å². The second-order valence-electron chi connectivity index (χ2n) is 4.51. The first-order valence-corrected chi connectivity index (χ1v) is 6.24. The van der Waals surface area contributed by atoms with Gasteiger partial charge in [-0.1, -0.05) is 41.9 Å². The molecule has 1 nitrogen and oxygen atoms in total. The highest BCUT2D eigenvalue weighted by Crippen LogP contribution is 2.28. The van der Waals surface area contributed by atoms with Crippen molar-refractivity contribution in [2.45, 2.75) is 39.7 Å². The van der Waals surface area contributed by atoms with Gasteiger partial charge in [0.05, 0.1) is 6.10 Å². The van der Waals surface area contributed by atoms with Crippen LogP contribution < -0.4 is 0 Å². The Balaban J connectivity index is 2.69. The van der Waals surface area contributed by atoms with Crippen molar-refractivity contribution >= 4 is 15.9 Å². The third kappa shape index (κ3) is 3.96. The third-order valence-corrected chi connectivity index (χ3v) is 3.22. The average Bonchev–Trinajstić information content (AvgIpc) is 2.14. The van der Waals surface area contributed by atoms with Gasteiger partial charge in [0.1, 0.15) is 0 Å². The lowest BCUT2D eigenvalue weighted by atomic mass is 9.99. The van der Waals surface area contributed by atoms with Crippen LogP contribution in [-0.2, 0) is 0 Å². The lowest BCUT2D eigenvalue weighted by molar-refractivity contribution is 0.158. The van der Waals surface area contributed by atoms with E-state index < -0.39 is 0 Å². The topological polar surface area (TPSA) is 20.2 Å². The SMILES string of the molecule is Cc1ccc(C(O)CCC(C)C)c(Br)c1. The maximum atomic E-state index is 10.0. The highest BCUT2D eigenvalue weighted by atomic mass is 79.9. The molecule has 84 valence electrons. The smallest absolute Gasteiger partial charge is 0.0801 e. The number of aryl methyl sites for hydroxylation is 1. The predicted octanol–water partition coefficient (Wildman–Crippen LogP) is 4.23. The first-order valence-electron chi connectivity index (χ1n) is 5.45. The Hall–Kier alpha value is -0.340. The summed E-state index contributed by atoms with van der Waals surface area (Å²) in [5.74, 6) is 0.642. The van der Waals surface area contributed by atoms with E-state index in [1.54, 1.807) is 0 Å². The van der Waals surface area contributed by atoms with Crippen LogP contribution in [0.1, 0.15) is 43.9 Å². The molecular weight excluding hydrogens is 252 g/mol. The van der Waals surface area contributed by atoms with Crippen molar-refractivity contribution in [3.8, 4) is 0 Å². The van der Waals surface area contributed by atoms with Crippen LogP contribution in [0.4, 0.5) is 0 Å². The molecule has 1 N–H and O–H groups in total. The van der Waals surface area contributed by atoms with E-state index in [4.69, 9.17) is 0 Å².